The molecule has 3 aliphatic rings. The van der Waals surface area contributed by atoms with E-state index in [1.54, 1.807) is 0 Å². The third-order valence-electron chi connectivity index (χ3n) is 4.33. The zero-order valence-electron chi connectivity index (χ0n) is 12.1. The van der Waals surface area contributed by atoms with Crippen LogP contribution < -0.4 is 0 Å². The fraction of sp³-hybridized carbons (Fsp3) is 0.625. The molecule has 0 N–H and O–H groups in total. The minimum absolute atomic E-state index is 0.140. The lowest BCUT2D eigenvalue weighted by molar-refractivity contribution is -0.417. The zero-order chi connectivity index (χ0) is 13.5. The van der Waals surface area contributed by atoms with Crippen molar-refractivity contribution in [2.45, 2.75) is 33.1 Å². The first-order chi connectivity index (χ1) is 9.12. The zero-order valence-corrected chi connectivity index (χ0v) is 12.1. The van der Waals surface area contributed by atoms with Crippen LogP contribution in [0.1, 0.15) is 31.9 Å². The fourth-order valence-electron chi connectivity index (χ4n) is 3.09. The molecular formula is C16H23NO2. The molecule has 0 saturated carbocycles. The van der Waals surface area contributed by atoms with Crippen LogP contribution in [0.15, 0.2) is 24.3 Å². The number of hydrogen-bond donors (Lipinski definition) is 0. The van der Waals surface area contributed by atoms with Crippen LogP contribution in [-0.2, 0) is 21.8 Å². The molecule has 104 valence electrons. The van der Waals surface area contributed by atoms with Crippen molar-refractivity contribution in [1.29, 1.82) is 0 Å². The van der Waals surface area contributed by atoms with Crippen LogP contribution >= 0.6 is 0 Å². The second-order valence-electron chi connectivity index (χ2n) is 6.03. The van der Waals surface area contributed by atoms with Crippen molar-refractivity contribution in [2.24, 2.45) is 5.41 Å². The van der Waals surface area contributed by atoms with Crippen molar-refractivity contribution in [3.63, 3.8) is 0 Å². The number of aryl methyl sites for hydroxylation is 1. The Balaban J connectivity index is 1.96. The van der Waals surface area contributed by atoms with Gasteiger partial charge in [0.05, 0.1) is 13.2 Å². The lowest BCUT2D eigenvalue weighted by Crippen LogP contribution is -2.66. The summed E-state index contributed by atoms with van der Waals surface area (Å²) in [6, 6.07) is 8.64. The first-order valence-corrected chi connectivity index (χ1v) is 7.24. The molecule has 4 rings (SSSR count). The molecule has 3 heteroatoms. The summed E-state index contributed by atoms with van der Waals surface area (Å²) >= 11 is 0. The van der Waals surface area contributed by atoms with E-state index in [0.717, 1.165) is 38.3 Å². The Morgan fingerprint density at radius 3 is 2.26 bits per heavy atom. The topological polar surface area (TPSA) is 21.7 Å². The van der Waals surface area contributed by atoms with Crippen LogP contribution in [-0.4, -0.2) is 31.2 Å². The molecular weight excluding hydrogens is 238 g/mol. The number of ether oxygens (including phenoxy) is 2. The highest BCUT2D eigenvalue weighted by Gasteiger charge is 2.54. The van der Waals surface area contributed by atoms with E-state index >= 15 is 0 Å². The number of nitrogens with zero attached hydrogens (tertiary/aromatic N) is 1. The van der Waals surface area contributed by atoms with Crippen LogP contribution in [0.3, 0.4) is 0 Å². The average molecular weight is 261 g/mol. The first-order valence-electron chi connectivity index (χ1n) is 7.24. The maximum Gasteiger partial charge on any atom is 0.258 e. The monoisotopic (exact) mass is 261 g/mol. The van der Waals surface area contributed by atoms with E-state index < -0.39 is 5.91 Å². The molecule has 3 fully saturated rings. The van der Waals surface area contributed by atoms with Crippen molar-refractivity contribution in [3.8, 4) is 0 Å². The van der Waals surface area contributed by atoms with E-state index in [4.69, 9.17) is 9.47 Å². The van der Waals surface area contributed by atoms with Gasteiger partial charge in [-0.2, -0.15) is 0 Å². The van der Waals surface area contributed by atoms with Crippen LogP contribution in [0, 0.1) is 5.41 Å². The SMILES string of the molecule is CCc1ccc(C23OCC(C)(CO2)CN3CC)cc1. The van der Waals surface area contributed by atoms with Crippen LogP contribution in [0.25, 0.3) is 0 Å². The van der Waals surface area contributed by atoms with E-state index in [9.17, 15) is 0 Å². The van der Waals surface area contributed by atoms with Gasteiger partial charge in [-0.25, -0.2) is 4.90 Å². The lowest BCUT2D eigenvalue weighted by Gasteiger charge is -2.57. The Kier molecular flexibility index (Phi) is 3.16. The van der Waals surface area contributed by atoms with Gasteiger partial charge in [0.2, 0.25) is 0 Å². The molecule has 0 unspecified atom stereocenters. The second kappa shape index (κ2) is 4.58. The summed E-state index contributed by atoms with van der Waals surface area (Å²) in [6.07, 6.45) is 1.06. The summed E-state index contributed by atoms with van der Waals surface area (Å²) < 4.78 is 12.3. The molecule has 1 aromatic rings. The summed E-state index contributed by atoms with van der Waals surface area (Å²) in [4.78, 5) is 2.31. The Bertz CT molecular complexity index is 446. The van der Waals surface area contributed by atoms with Crippen LogP contribution in [0.4, 0.5) is 0 Å². The third kappa shape index (κ3) is 2.00. The normalized spacial score (nSPS) is 34.7. The molecule has 3 nitrogen and oxygen atoms in total. The summed E-state index contributed by atoms with van der Waals surface area (Å²) in [7, 11) is 0. The molecule has 0 amide bonds. The number of rotatable bonds is 3. The number of fused-ring (bicyclic) bond motifs is 3. The summed E-state index contributed by atoms with van der Waals surface area (Å²) in [5.41, 5.74) is 2.61. The van der Waals surface area contributed by atoms with E-state index in [-0.39, 0.29) is 5.41 Å². The van der Waals surface area contributed by atoms with Crippen molar-refractivity contribution in [3.05, 3.63) is 35.4 Å². The minimum Gasteiger partial charge on any atom is -0.333 e. The Hall–Kier alpha value is -0.900. The van der Waals surface area contributed by atoms with Gasteiger partial charge in [-0.3, -0.25) is 0 Å². The van der Waals surface area contributed by atoms with Gasteiger partial charge in [-0.1, -0.05) is 45.0 Å². The molecule has 2 bridgehead atoms. The van der Waals surface area contributed by atoms with Crippen LogP contribution in [0.2, 0.25) is 0 Å². The van der Waals surface area contributed by atoms with Gasteiger partial charge in [0.15, 0.2) is 0 Å². The Morgan fingerprint density at radius 1 is 1.11 bits per heavy atom. The number of hydrogen-bond acceptors (Lipinski definition) is 3. The van der Waals surface area contributed by atoms with Crippen LogP contribution in [0.5, 0.6) is 0 Å². The molecule has 3 heterocycles. The maximum absolute atomic E-state index is 6.13. The van der Waals surface area contributed by atoms with Gasteiger partial charge in [0, 0.05) is 24.1 Å². The molecule has 1 aromatic carbocycles. The highest BCUT2D eigenvalue weighted by molar-refractivity contribution is 5.27. The molecule has 0 atom stereocenters. The first kappa shape index (κ1) is 13.1. The third-order valence-corrected chi connectivity index (χ3v) is 4.33. The van der Waals surface area contributed by atoms with Gasteiger partial charge in [-0.05, 0) is 12.0 Å². The molecule has 0 radical (unpaired) electrons. The van der Waals surface area contributed by atoms with Crippen molar-refractivity contribution < 1.29 is 9.47 Å². The van der Waals surface area contributed by atoms with Gasteiger partial charge in [0.25, 0.3) is 5.91 Å². The molecule has 19 heavy (non-hydrogen) atoms. The Morgan fingerprint density at radius 2 is 1.74 bits per heavy atom. The second-order valence-corrected chi connectivity index (χ2v) is 6.03. The molecule has 0 aliphatic carbocycles. The van der Waals surface area contributed by atoms with Crippen molar-refractivity contribution in [1.82, 2.24) is 4.90 Å². The van der Waals surface area contributed by atoms with Crippen molar-refractivity contribution in [2.75, 3.05) is 26.3 Å². The highest BCUT2D eigenvalue weighted by Crippen LogP contribution is 2.45. The lowest BCUT2D eigenvalue weighted by atomic mass is 9.87. The quantitative estimate of drug-likeness (QED) is 0.835. The predicted octanol–water partition coefficient (Wildman–Crippen LogP) is 2.75. The maximum atomic E-state index is 6.13. The summed E-state index contributed by atoms with van der Waals surface area (Å²) in [6.45, 7) is 10.1. The smallest absolute Gasteiger partial charge is 0.258 e. The molecule has 3 aliphatic heterocycles. The van der Waals surface area contributed by atoms with E-state index in [2.05, 4.69) is 49.9 Å². The Labute approximate surface area is 115 Å². The predicted molar refractivity (Wildman–Crippen MR) is 74.8 cm³/mol. The van der Waals surface area contributed by atoms with E-state index in [1.807, 2.05) is 0 Å². The molecule has 0 aromatic heterocycles. The van der Waals surface area contributed by atoms with E-state index in [1.165, 1.54) is 5.56 Å². The number of benzene rings is 1. The largest absolute Gasteiger partial charge is 0.333 e. The fourth-order valence-corrected chi connectivity index (χ4v) is 3.09. The molecule has 0 spiro atoms. The van der Waals surface area contributed by atoms with Gasteiger partial charge >= 0.3 is 0 Å². The highest BCUT2D eigenvalue weighted by atomic mass is 16.7. The van der Waals surface area contributed by atoms with Gasteiger partial charge < -0.3 is 9.47 Å². The van der Waals surface area contributed by atoms with Crippen molar-refractivity contribution >= 4 is 0 Å². The van der Waals surface area contributed by atoms with Gasteiger partial charge in [-0.15, -0.1) is 0 Å². The summed E-state index contributed by atoms with van der Waals surface area (Å²) in [5.74, 6) is -0.654. The molecule has 3 saturated heterocycles. The van der Waals surface area contributed by atoms with Gasteiger partial charge in [0.1, 0.15) is 0 Å². The summed E-state index contributed by atoms with van der Waals surface area (Å²) in [5, 5.41) is 0. The minimum atomic E-state index is -0.654. The average Bonchev–Trinajstić information content (AvgIpc) is 2.47. The van der Waals surface area contributed by atoms with E-state index in [0.29, 0.717) is 0 Å². The standard InChI is InChI=1S/C16H23NO2/c1-4-13-6-8-14(9-7-13)16-17(5-2)10-15(3,11-18-16)12-19-16/h6-9H,4-5,10-12H2,1-3H3.